The molecule has 0 saturated carbocycles. The highest BCUT2D eigenvalue weighted by atomic mass is 16.2. The van der Waals surface area contributed by atoms with E-state index >= 15 is 0 Å². The standard InChI is InChI=1S/C16H19N5O2/c17-8-14(11-21-15(22)13-3-6-18-7-4-13)16(23)20-10-12-2-1-5-19-9-12/h1-2,5,9,11,13,18H,3-4,6-7,10H2,(H,20,23)(H,21,22)/b14-11-. The molecule has 7 nitrogen and oxygen atoms in total. The molecule has 1 aliphatic heterocycles. The summed E-state index contributed by atoms with van der Waals surface area (Å²) in [7, 11) is 0. The lowest BCUT2D eigenvalue weighted by atomic mass is 9.97. The Morgan fingerprint density at radius 1 is 1.43 bits per heavy atom. The van der Waals surface area contributed by atoms with Crippen molar-refractivity contribution in [1.82, 2.24) is 20.9 Å². The van der Waals surface area contributed by atoms with Gasteiger partial charge in [0.2, 0.25) is 5.91 Å². The molecule has 0 spiro atoms. The Hall–Kier alpha value is -2.72. The molecule has 0 unspecified atom stereocenters. The van der Waals surface area contributed by atoms with Gasteiger partial charge < -0.3 is 16.0 Å². The Morgan fingerprint density at radius 3 is 2.87 bits per heavy atom. The first-order chi connectivity index (χ1) is 11.2. The summed E-state index contributed by atoms with van der Waals surface area (Å²) < 4.78 is 0. The summed E-state index contributed by atoms with van der Waals surface area (Å²) in [5.74, 6) is -0.757. The van der Waals surface area contributed by atoms with Crippen LogP contribution in [0.15, 0.2) is 36.3 Å². The van der Waals surface area contributed by atoms with E-state index < -0.39 is 5.91 Å². The Labute approximate surface area is 134 Å². The van der Waals surface area contributed by atoms with Gasteiger partial charge in [-0.3, -0.25) is 14.6 Å². The first-order valence-corrected chi connectivity index (χ1v) is 7.49. The topological polar surface area (TPSA) is 107 Å². The molecule has 1 aromatic heterocycles. The van der Waals surface area contributed by atoms with E-state index in [-0.39, 0.29) is 23.9 Å². The van der Waals surface area contributed by atoms with Gasteiger partial charge in [0.25, 0.3) is 5.91 Å². The molecule has 0 aromatic carbocycles. The maximum atomic E-state index is 12.0. The number of nitriles is 1. The zero-order chi connectivity index (χ0) is 16.5. The van der Waals surface area contributed by atoms with Crippen molar-refractivity contribution in [2.24, 2.45) is 5.92 Å². The van der Waals surface area contributed by atoms with E-state index in [1.165, 1.54) is 6.20 Å². The van der Waals surface area contributed by atoms with E-state index in [4.69, 9.17) is 5.26 Å². The molecule has 0 atom stereocenters. The molecule has 1 fully saturated rings. The molecule has 2 heterocycles. The van der Waals surface area contributed by atoms with Crippen LogP contribution in [0, 0.1) is 17.2 Å². The second-order valence-electron chi connectivity index (χ2n) is 5.25. The second kappa shape index (κ2) is 8.66. The Morgan fingerprint density at radius 2 is 2.22 bits per heavy atom. The third-order valence-electron chi connectivity index (χ3n) is 3.61. The summed E-state index contributed by atoms with van der Waals surface area (Å²) in [6.45, 7) is 1.88. The maximum absolute atomic E-state index is 12.0. The molecule has 0 aliphatic carbocycles. The molecule has 120 valence electrons. The van der Waals surface area contributed by atoms with Crippen molar-refractivity contribution in [2.75, 3.05) is 13.1 Å². The molecule has 1 aromatic rings. The molecule has 0 bridgehead atoms. The number of carbonyl (C=O) groups excluding carboxylic acids is 2. The van der Waals surface area contributed by atoms with Gasteiger partial charge in [0.1, 0.15) is 11.6 Å². The normalized spacial score (nSPS) is 15.5. The largest absolute Gasteiger partial charge is 0.347 e. The van der Waals surface area contributed by atoms with Crippen molar-refractivity contribution in [3.63, 3.8) is 0 Å². The van der Waals surface area contributed by atoms with Gasteiger partial charge in [-0.25, -0.2) is 0 Å². The summed E-state index contributed by atoms with van der Waals surface area (Å²) in [6.07, 6.45) is 5.98. The van der Waals surface area contributed by atoms with Gasteiger partial charge in [-0.1, -0.05) is 6.07 Å². The zero-order valence-electron chi connectivity index (χ0n) is 12.7. The monoisotopic (exact) mass is 313 g/mol. The van der Waals surface area contributed by atoms with Crippen LogP contribution in [0.4, 0.5) is 0 Å². The number of aromatic nitrogens is 1. The molecule has 3 N–H and O–H groups in total. The Balaban J connectivity index is 1.86. The molecular formula is C16H19N5O2. The minimum absolute atomic E-state index is 0.0779. The Bertz CT molecular complexity index is 615. The fraction of sp³-hybridized carbons (Fsp3) is 0.375. The number of carbonyl (C=O) groups is 2. The number of nitrogens with one attached hydrogen (secondary N) is 3. The number of hydrogen-bond acceptors (Lipinski definition) is 5. The van der Waals surface area contributed by atoms with Gasteiger partial charge in [0.05, 0.1) is 0 Å². The lowest BCUT2D eigenvalue weighted by molar-refractivity contribution is -0.124. The molecular weight excluding hydrogens is 294 g/mol. The van der Waals surface area contributed by atoms with Crippen LogP contribution in [-0.2, 0) is 16.1 Å². The average molecular weight is 313 g/mol. The van der Waals surface area contributed by atoms with E-state index in [0.29, 0.717) is 0 Å². The molecule has 7 heteroatoms. The second-order valence-corrected chi connectivity index (χ2v) is 5.25. The molecule has 1 aliphatic rings. The third-order valence-corrected chi connectivity index (χ3v) is 3.61. The van der Waals surface area contributed by atoms with Crippen LogP contribution in [0.25, 0.3) is 0 Å². The maximum Gasteiger partial charge on any atom is 0.263 e. The molecule has 1 saturated heterocycles. The van der Waals surface area contributed by atoms with Gasteiger partial charge in [0.15, 0.2) is 0 Å². The van der Waals surface area contributed by atoms with E-state index in [9.17, 15) is 9.59 Å². The number of rotatable bonds is 5. The van der Waals surface area contributed by atoms with E-state index in [2.05, 4.69) is 20.9 Å². The third kappa shape index (κ3) is 5.20. The highest BCUT2D eigenvalue weighted by Crippen LogP contribution is 2.11. The quantitative estimate of drug-likeness (QED) is 0.532. The molecule has 23 heavy (non-hydrogen) atoms. The van der Waals surface area contributed by atoms with Crippen LogP contribution in [-0.4, -0.2) is 29.9 Å². The van der Waals surface area contributed by atoms with Crippen LogP contribution in [0.3, 0.4) is 0 Å². The van der Waals surface area contributed by atoms with Crippen LogP contribution < -0.4 is 16.0 Å². The van der Waals surface area contributed by atoms with Crippen molar-refractivity contribution >= 4 is 11.8 Å². The van der Waals surface area contributed by atoms with E-state index in [1.54, 1.807) is 24.5 Å². The van der Waals surface area contributed by atoms with Gasteiger partial charge in [-0.15, -0.1) is 0 Å². The number of nitrogens with zero attached hydrogens (tertiary/aromatic N) is 2. The summed E-state index contributed by atoms with van der Waals surface area (Å²) in [5, 5.41) is 17.4. The molecule has 2 amide bonds. The Kier molecular flexibility index (Phi) is 6.27. The number of hydrogen-bond donors (Lipinski definition) is 3. The first kappa shape index (κ1) is 16.6. The predicted molar refractivity (Wildman–Crippen MR) is 83.5 cm³/mol. The van der Waals surface area contributed by atoms with Crippen molar-refractivity contribution in [2.45, 2.75) is 19.4 Å². The van der Waals surface area contributed by atoms with Gasteiger partial charge in [-0.05, 0) is 37.6 Å². The number of pyridine rings is 1. The highest BCUT2D eigenvalue weighted by Gasteiger charge is 2.20. The zero-order valence-corrected chi connectivity index (χ0v) is 12.7. The number of amides is 2. The smallest absolute Gasteiger partial charge is 0.263 e. The van der Waals surface area contributed by atoms with Gasteiger partial charge in [0, 0.05) is 31.1 Å². The first-order valence-electron chi connectivity index (χ1n) is 7.49. The van der Waals surface area contributed by atoms with Crippen LogP contribution in [0.2, 0.25) is 0 Å². The van der Waals surface area contributed by atoms with Gasteiger partial charge >= 0.3 is 0 Å². The summed E-state index contributed by atoms with van der Waals surface area (Å²) in [4.78, 5) is 27.9. The van der Waals surface area contributed by atoms with Crippen molar-refractivity contribution in [3.05, 3.63) is 41.9 Å². The SMILES string of the molecule is N#C/C(=C/NC(=O)C1CCNCC1)C(=O)NCc1cccnc1. The van der Waals surface area contributed by atoms with E-state index in [0.717, 1.165) is 31.5 Å². The molecule has 0 radical (unpaired) electrons. The lowest BCUT2D eigenvalue weighted by Crippen LogP contribution is -2.36. The predicted octanol–water partition coefficient (Wildman–Crippen LogP) is 0.221. The van der Waals surface area contributed by atoms with Crippen LogP contribution >= 0.6 is 0 Å². The number of piperidine rings is 1. The summed E-state index contributed by atoms with van der Waals surface area (Å²) in [6, 6.07) is 5.39. The fourth-order valence-electron chi connectivity index (χ4n) is 2.27. The highest BCUT2D eigenvalue weighted by molar-refractivity contribution is 5.97. The lowest BCUT2D eigenvalue weighted by Gasteiger charge is -2.20. The van der Waals surface area contributed by atoms with Crippen molar-refractivity contribution < 1.29 is 9.59 Å². The van der Waals surface area contributed by atoms with Crippen molar-refractivity contribution in [3.8, 4) is 6.07 Å². The summed E-state index contributed by atoms with van der Waals surface area (Å²) >= 11 is 0. The van der Waals surface area contributed by atoms with Crippen LogP contribution in [0.1, 0.15) is 18.4 Å². The van der Waals surface area contributed by atoms with Gasteiger partial charge in [-0.2, -0.15) is 5.26 Å². The molecule has 2 rings (SSSR count). The van der Waals surface area contributed by atoms with Crippen molar-refractivity contribution in [1.29, 1.82) is 5.26 Å². The fourth-order valence-corrected chi connectivity index (χ4v) is 2.27. The van der Waals surface area contributed by atoms with Crippen LogP contribution in [0.5, 0.6) is 0 Å². The van der Waals surface area contributed by atoms with E-state index in [1.807, 2.05) is 6.07 Å². The average Bonchev–Trinajstić information content (AvgIpc) is 2.62. The minimum Gasteiger partial charge on any atom is -0.347 e. The minimum atomic E-state index is -0.526. The summed E-state index contributed by atoms with van der Waals surface area (Å²) in [5.41, 5.74) is 0.702.